The molecule has 0 saturated heterocycles. The number of para-hydroxylation sites is 1. The molecule has 0 saturated carbocycles. The van der Waals surface area contributed by atoms with E-state index in [9.17, 15) is 4.79 Å². The first kappa shape index (κ1) is 10.8. The summed E-state index contributed by atoms with van der Waals surface area (Å²) in [6, 6.07) is 9.38. The Balaban J connectivity index is 1.96. The number of carbonyl (C=O) groups is 1. The number of aryl methyl sites for hydroxylation is 1. The fourth-order valence-corrected chi connectivity index (χ4v) is 2.27. The van der Waals surface area contributed by atoms with Gasteiger partial charge in [-0.15, -0.1) is 0 Å². The van der Waals surface area contributed by atoms with Crippen molar-refractivity contribution in [1.82, 2.24) is 5.16 Å². The average molecular weight is 243 g/mol. The second-order valence-corrected chi connectivity index (χ2v) is 4.30. The lowest BCUT2D eigenvalue weighted by Gasteiger charge is -2.28. The van der Waals surface area contributed by atoms with Crippen molar-refractivity contribution in [2.75, 3.05) is 17.2 Å². The first-order valence-corrected chi connectivity index (χ1v) is 5.87. The monoisotopic (exact) mass is 243 g/mol. The molecule has 0 bridgehead atoms. The molecule has 0 unspecified atom stereocenters. The van der Waals surface area contributed by atoms with E-state index >= 15 is 0 Å². The van der Waals surface area contributed by atoms with Gasteiger partial charge in [0.1, 0.15) is 0 Å². The molecular weight excluding hydrogens is 230 g/mol. The Morgan fingerprint density at radius 3 is 3.00 bits per heavy atom. The highest BCUT2D eigenvalue weighted by Gasteiger charge is 2.25. The molecule has 18 heavy (non-hydrogen) atoms. The summed E-state index contributed by atoms with van der Waals surface area (Å²) in [7, 11) is 0. The van der Waals surface area contributed by atoms with E-state index < -0.39 is 0 Å². The van der Waals surface area contributed by atoms with Gasteiger partial charge < -0.3 is 15.2 Å². The van der Waals surface area contributed by atoms with E-state index in [0.717, 1.165) is 18.5 Å². The molecule has 5 nitrogen and oxygen atoms in total. The summed E-state index contributed by atoms with van der Waals surface area (Å²) in [5.74, 6) is -0.00811. The molecule has 1 aliphatic rings. The van der Waals surface area contributed by atoms with Crippen LogP contribution in [0, 0.1) is 0 Å². The Kier molecular flexibility index (Phi) is 2.51. The Morgan fingerprint density at radius 1 is 1.39 bits per heavy atom. The molecule has 1 aromatic heterocycles. The predicted molar refractivity (Wildman–Crippen MR) is 67.4 cm³/mol. The van der Waals surface area contributed by atoms with Crippen LogP contribution < -0.4 is 10.6 Å². The Bertz CT molecular complexity index is 591. The number of fused-ring (bicyclic) bond motifs is 1. The molecule has 1 aliphatic heterocycles. The lowest BCUT2D eigenvalue weighted by Crippen LogP contribution is -2.35. The minimum Gasteiger partial charge on any atom is -0.368 e. The van der Waals surface area contributed by atoms with E-state index in [2.05, 4.69) is 5.16 Å². The van der Waals surface area contributed by atoms with Gasteiger partial charge in [-0.05, 0) is 24.5 Å². The number of hydrogen-bond donors (Lipinski definition) is 1. The van der Waals surface area contributed by atoms with Gasteiger partial charge in [0.2, 0.25) is 5.88 Å². The SMILES string of the molecule is Nc1cc(C(=O)N2CCCc3ccccc32)no1. The van der Waals surface area contributed by atoms with Crippen molar-refractivity contribution in [1.29, 1.82) is 0 Å². The van der Waals surface area contributed by atoms with Crippen LogP contribution in [0.15, 0.2) is 34.9 Å². The zero-order valence-corrected chi connectivity index (χ0v) is 9.80. The third-order valence-electron chi connectivity index (χ3n) is 3.10. The molecule has 92 valence electrons. The van der Waals surface area contributed by atoms with Gasteiger partial charge in [-0.2, -0.15) is 0 Å². The second kappa shape index (κ2) is 4.18. The van der Waals surface area contributed by atoms with Gasteiger partial charge in [-0.1, -0.05) is 23.4 Å². The summed E-state index contributed by atoms with van der Waals surface area (Å²) in [5.41, 5.74) is 7.84. The van der Waals surface area contributed by atoms with Crippen molar-refractivity contribution in [3.63, 3.8) is 0 Å². The third-order valence-corrected chi connectivity index (χ3v) is 3.10. The van der Waals surface area contributed by atoms with Crippen LogP contribution in [0.4, 0.5) is 11.6 Å². The van der Waals surface area contributed by atoms with E-state index in [1.165, 1.54) is 11.6 Å². The molecule has 2 heterocycles. The van der Waals surface area contributed by atoms with E-state index in [4.69, 9.17) is 10.3 Å². The smallest absolute Gasteiger partial charge is 0.280 e. The summed E-state index contributed by atoms with van der Waals surface area (Å²) in [6.07, 6.45) is 1.96. The summed E-state index contributed by atoms with van der Waals surface area (Å²) >= 11 is 0. The number of benzene rings is 1. The van der Waals surface area contributed by atoms with Gasteiger partial charge in [0.25, 0.3) is 5.91 Å². The lowest BCUT2D eigenvalue weighted by atomic mass is 10.0. The molecule has 0 spiro atoms. The maximum Gasteiger partial charge on any atom is 0.280 e. The fourth-order valence-electron chi connectivity index (χ4n) is 2.27. The highest BCUT2D eigenvalue weighted by Crippen LogP contribution is 2.28. The van der Waals surface area contributed by atoms with Gasteiger partial charge in [0, 0.05) is 18.3 Å². The maximum absolute atomic E-state index is 12.3. The van der Waals surface area contributed by atoms with Crippen LogP contribution in [0.5, 0.6) is 0 Å². The number of nitrogens with two attached hydrogens (primary N) is 1. The summed E-state index contributed by atoms with van der Waals surface area (Å²) in [4.78, 5) is 14.1. The zero-order valence-electron chi connectivity index (χ0n) is 9.80. The molecule has 0 atom stereocenters. The molecule has 0 fully saturated rings. The van der Waals surface area contributed by atoms with Crippen molar-refractivity contribution in [3.8, 4) is 0 Å². The highest BCUT2D eigenvalue weighted by atomic mass is 16.5. The molecule has 0 aliphatic carbocycles. The van der Waals surface area contributed by atoms with Crippen molar-refractivity contribution < 1.29 is 9.32 Å². The minimum atomic E-state index is -0.164. The van der Waals surface area contributed by atoms with Crippen LogP contribution in [-0.4, -0.2) is 17.6 Å². The van der Waals surface area contributed by atoms with E-state index in [0.29, 0.717) is 6.54 Å². The average Bonchev–Trinajstić information content (AvgIpc) is 2.84. The third kappa shape index (κ3) is 1.73. The normalized spacial score (nSPS) is 14.3. The van der Waals surface area contributed by atoms with E-state index in [1.807, 2.05) is 24.3 Å². The van der Waals surface area contributed by atoms with Gasteiger partial charge in [0.05, 0.1) is 0 Å². The van der Waals surface area contributed by atoms with Crippen LogP contribution in [0.3, 0.4) is 0 Å². The number of amides is 1. The van der Waals surface area contributed by atoms with Crippen molar-refractivity contribution in [2.45, 2.75) is 12.8 Å². The predicted octanol–water partition coefficient (Wildman–Crippen LogP) is 1.85. The Morgan fingerprint density at radius 2 is 2.22 bits per heavy atom. The van der Waals surface area contributed by atoms with Crippen molar-refractivity contribution in [2.24, 2.45) is 0 Å². The quantitative estimate of drug-likeness (QED) is 0.829. The van der Waals surface area contributed by atoms with Gasteiger partial charge >= 0.3 is 0 Å². The number of nitrogens with zero attached hydrogens (tertiary/aromatic N) is 2. The van der Waals surface area contributed by atoms with Crippen molar-refractivity contribution >= 4 is 17.5 Å². The van der Waals surface area contributed by atoms with Gasteiger partial charge in [-0.25, -0.2) is 0 Å². The Labute approximate surface area is 104 Å². The largest absolute Gasteiger partial charge is 0.368 e. The molecule has 2 aromatic rings. The lowest BCUT2D eigenvalue weighted by molar-refractivity contribution is 0.0976. The molecule has 0 radical (unpaired) electrons. The molecule has 1 amide bonds. The standard InChI is InChI=1S/C13H13N3O2/c14-12-8-10(15-18-12)13(17)16-7-3-5-9-4-1-2-6-11(9)16/h1-2,4,6,8H,3,5,7,14H2. The van der Waals surface area contributed by atoms with Gasteiger partial charge in [0.15, 0.2) is 5.69 Å². The number of rotatable bonds is 1. The van der Waals surface area contributed by atoms with Crippen LogP contribution in [0.2, 0.25) is 0 Å². The molecule has 5 heteroatoms. The summed E-state index contributed by atoms with van der Waals surface area (Å²) < 4.78 is 4.74. The van der Waals surface area contributed by atoms with Crippen LogP contribution in [-0.2, 0) is 6.42 Å². The highest BCUT2D eigenvalue weighted by molar-refractivity contribution is 6.05. The first-order valence-electron chi connectivity index (χ1n) is 5.87. The topological polar surface area (TPSA) is 72.4 Å². The fraction of sp³-hybridized carbons (Fsp3) is 0.231. The number of anilines is 2. The summed E-state index contributed by atoms with van der Waals surface area (Å²) in [5, 5.41) is 3.67. The summed E-state index contributed by atoms with van der Waals surface area (Å²) in [6.45, 7) is 0.697. The maximum atomic E-state index is 12.3. The van der Waals surface area contributed by atoms with Crippen LogP contribution in [0.25, 0.3) is 0 Å². The zero-order chi connectivity index (χ0) is 12.5. The number of nitrogen functional groups attached to an aromatic ring is 1. The molecule has 3 rings (SSSR count). The molecular formula is C13H13N3O2. The number of hydrogen-bond acceptors (Lipinski definition) is 4. The molecule has 1 aromatic carbocycles. The van der Waals surface area contributed by atoms with Crippen LogP contribution >= 0.6 is 0 Å². The number of carbonyl (C=O) groups excluding carboxylic acids is 1. The van der Waals surface area contributed by atoms with E-state index in [-0.39, 0.29) is 17.5 Å². The van der Waals surface area contributed by atoms with E-state index in [1.54, 1.807) is 4.90 Å². The van der Waals surface area contributed by atoms with Gasteiger partial charge in [-0.3, -0.25) is 4.79 Å². The first-order chi connectivity index (χ1) is 8.75. The number of aromatic nitrogens is 1. The minimum absolute atomic E-state index is 0.156. The van der Waals surface area contributed by atoms with Crippen molar-refractivity contribution in [3.05, 3.63) is 41.6 Å². The Hall–Kier alpha value is -2.30. The second-order valence-electron chi connectivity index (χ2n) is 4.30. The molecule has 2 N–H and O–H groups in total. The van der Waals surface area contributed by atoms with Crippen LogP contribution in [0.1, 0.15) is 22.5 Å².